The summed E-state index contributed by atoms with van der Waals surface area (Å²) >= 11 is 5.13. The average molecular weight is 375 g/mol. The number of hydrogen-bond donors (Lipinski definition) is 0. The molecule has 3 rings (SSSR count). The highest BCUT2D eigenvalue weighted by Crippen LogP contribution is 2.32. The molecule has 1 aromatic heterocycles. The minimum Gasteiger partial charge on any atom is -0.497 e. The Bertz CT molecular complexity index is 770. The van der Waals surface area contributed by atoms with Gasteiger partial charge in [-0.05, 0) is 30.2 Å². The molecule has 1 heterocycles. The summed E-state index contributed by atoms with van der Waals surface area (Å²) in [5.41, 5.74) is 3.86. The number of hydrogen-bond acceptors (Lipinski definition) is 6. The van der Waals surface area contributed by atoms with Gasteiger partial charge in [0.1, 0.15) is 5.75 Å². The van der Waals surface area contributed by atoms with Gasteiger partial charge in [-0.25, -0.2) is 0 Å². The number of ether oxygens (including phenoxy) is 1. The number of benzene rings is 2. The van der Waals surface area contributed by atoms with Crippen LogP contribution in [-0.2, 0) is 11.5 Å². The van der Waals surface area contributed by atoms with E-state index in [2.05, 4.69) is 53.5 Å². The van der Waals surface area contributed by atoms with E-state index in [-0.39, 0.29) is 0 Å². The van der Waals surface area contributed by atoms with Crippen LogP contribution in [-0.4, -0.2) is 17.3 Å². The third kappa shape index (κ3) is 5.00. The highest BCUT2D eigenvalue weighted by molar-refractivity contribution is 8.02. The molecule has 0 atom stereocenters. The first kappa shape index (κ1) is 17.3. The predicted octanol–water partition coefficient (Wildman–Crippen LogP) is 5.44. The molecule has 0 saturated heterocycles. The van der Waals surface area contributed by atoms with E-state index in [1.165, 1.54) is 16.7 Å². The van der Waals surface area contributed by atoms with Gasteiger partial charge in [0.15, 0.2) is 8.68 Å². The molecule has 0 saturated carbocycles. The van der Waals surface area contributed by atoms with Gasteiger partial charge in [0.05, 0.1) is 7.11 Å². The van der Waals surface area contributed by atoms with Gasteiger partial charge in [-0.15, -0.1) is 10.2 Å². The Labute approximate surface area is 154 Å². The van der Waals surface area contributed by atoms with Crippen LogP contribution < -0.4 is 4.74 Å². The first-order chi connectivity index (χ1) is 11.7. The topological polar surface area (TPSA) is 35.0 Å². The normalized spacial score (nSPS) is 10.8. The summed E-state index contributed by atoms with van der Waals surface area (Å²) in [6.07, 6.45) is 0. The van der Waals surface area contributed by atoms with Crippen molar-refractivity contribution in [2.45, 2.75) is 27.1 Å². The van der Waals surface area contributed by atoms with E-state index in [1.807, 2.05) is 12.1 Å². The van der Waals surface area contributed by atoms with E-state index < -0.39 is 0 Å². The summed E-state index contributed by atoms with van der Waals surface area (Å²) < 4.78 is 7.21. The third-order valence-electron chi connectivity index (χ3n) is 3.39. The van der Waals surface area contributed by atoms with Crippen molar-refractivity contribution in [2.75, 3.05) is 7.11 Å². The smallest absolute Gasteiger partial charge is 0.175 e. The fourth-order valence-corrected chi connectivity index (χ4v) is 4.94. The van der Waals surface area contributed by atoms with Crippen molar-refractivity contribution >= 4 is 34.9 Å². The minimum absolute atomic E-state index is 0.884. The molecule has 24 heavy (non-hydrogen) atoms. The number of aromatic nitrogens is 2. The summed E-state index contributed by atoms with van der Waals surface area (Å²) in [6, 6.07) is 16.8. The molecule has 124 valence electrons. The van der Waals surface area contributed by atoms with Crippen molar-refractivity contribution in [1.82, 2.24) is 10.2 Å². The Morgan fingerprint density at radius 1 is 0.833 bits per heavy atom. The van der Waals surface area contributed by atoms with E-state index in [1.54, 1.807) is 42.0 Å². The van der Waals surface area contributed by atoms with Crippen LogP contribution >= 0.6 is 34.9 Å². The number of nitrogens with zero attached hydrogens (tertiary/aromatic N) is 2. The summed E-state index contributed by atoms with van der Waals surface area (Å²) in [4.78, 5) is 0. The zero-order chi connectivity index (χ0) is 16.8. The maximum Gasteiger partial charge on any atom is 0.175 e. The maximum atomic E-state index is 5.18. The molecule has 0 spiro atoms. The zero-order valence-electron chi connectivity index (χ0n) is 13.6. The van der Waals surface area contributed by atoms with E-state index in [4.69, 9.17) is 4.74 Å². The van der Waals surface area contributed by atoms with E-state index in [0.717, 1.165) is 25.9 Å². The van der Waals surface area contributed by atoms with Crippen LogP contribution in [0.3, 0.4) is 0 Å². The number of rotatable bonds is 7. The molecule has 0 aliphatic heterocycles. The van der Waals surface area contributed by atoms with Gasteiger partial charge >= 0.3 is 0 Å². The second kappa shape index (κ2) is 8.55. The first-order valence-corrected chi connectivity index (χ1v) is 10.3. The standard InChI is InChI=1S/C18H18N2OS3/c1-13-3-5-14(6-4-13)11-22-17-19-20-18(24-17)23-12-15-7-9-16(21-2)10-8-15/h3-10H,11-12H2,1-2H3. The minimum atomic E-state index is 0.884. The van der Waals surface area contributed by atoms with Crippen LogP contribution in [0.15, 0.2) is 57.2 Å². The lowest BCUT2D eigenvalue weighted by molar-refractivity contribution is 0.414. The van der Waals surface area contributed by atoms with E-state index in [9.17, 15) is 0 Å². The molecule has 6 heteroatoms. The molecule has 0 amide bonds. The van der Waals surface area contributed by atoms with Gasteiger partial charge in [0, 0.05) is 11.5 Å². The van der Waals surface area contributed by atoms with Crippen LogP contribution in [0.5, 0.6) is 5.75 Å². The molecule has 0 fully saturated rings. The van der Waals surface area contributed by atoms with Crippen molar-refractivity contribution < 1.29 is 4.74 Å². The number of methoxy groups -OCH3 is 1. The van der Waals surface area contributed by atoms with Gasteiger partial charge in [-0.2, -0.15) is 0 Å². The lowest BCUT2D eigenvalue weighted by Gasteiger charge is -2.01. The van der Waals surface area contributed by atoms with Crippen molar-refractivity contribution in [2.24, 2.45) is 0 Å². The first-order valence-electron chi connectivity index (χ1n) is 7.50. The second-order valence-electron chi connectivity index (χ2n) is 5.24. The van der Waals surface area contributed by atoms with Crippen LogP contribution in [0.2, 0.25) is 0 Å². The Balaban J connectivity index is 1.50. The zero-order valence-corrected chi connectivity index (χ0v) is 16.0. The van der Waals surface area contributed by atoms with Gasteiger partial charge in [0.2, 0.25) is 0 Å². The molecular weight excluding hydrogens is 356 g/mol. The molecule has 3 aromatic rings. The largest absolute Gasteiger partial charge is 0.497 e. The van der Waals surface area contributed by atoms with Crippen molar-refractivity contribution in [1.29, 1.82) is 0 Å². The van der Waals surface area contributed by atoms with Crippen molar-refractivity contribution in [3.8, 4) is 5.75 Å². The van der Waals surface area contributed by atoms with Crippen molar-refractivity contribution in [3.63, 3.8) is 0 Å². The van der Waals surface area contributed by atoms with Crippen molar-refractivity contribution in [3.05, 3.63) is 65.2 Å². The van der Waals surface area contributed by atoms with Gasteiger partial charge in [0.25, 0.3) is 0 Å². The second-order valence-corrected chi connectivity index (χ2v) is 8.67. The Kier molecular flexibility index (Phi) is 6.18. The Morgan fingerprint density at radius 2 is 1.33 bits per heavy atom. The molecule has 0 unspecified atom stereocenters. The summed E-state index contributed by atoms with van der Waals surface area (Å²) in [7, 11) is 1.68. The number of thioether (sulfide) groups is 2. The highest BCUT2D eigenvalue weighted by atomic mass is 32.2. The lowest BCUT2D eigenvalue weighted by atomic mass is 10.2. The fourth-order valence-electron chi connectivity index (χ4n) is 2.01. The molecular formula is C18H18N2OS3. The summed E-state index contributed by atoms with van der Waals surface area (Å²) in [6.45, 7) is 2.11. The maximum absolute atomic E-state index is 5.18. The monoisotopic (exact) mass is 374 g/mol. The molecule has 2 aromatic carbocycles. The third-order valence-corrected chi connectivity index (χ3v) is 6.72. The molecule has 0 N–H and O–H groups in total. The van der Waals surface area contributed by atoms with Crippen LogP contribution in [0.4, 0.5) is 0 Å². The Morgan fingerprint density at radius 3 is 1.83 bits per heavy atom. The fraction of sp³-hybridized carbons (Fsp3) is 0.222. The SMILES string of the molecule is COc1ccc(CSc2nnc(SCc3ccc(C)cc3)s2)cc1. The quantitative estimate of drug-likeness (QED) is 0.515. The molecule has 0 aliphatic rings. The highest BCUT2D eigenvalue weighted by Gasteiger charge is 2.06. The summed E-state index contributed by atoms with van der Waals surface area (Å²) in [5, 5.41) is 8.56. The number of aryl methyl sites for hydroxylation is 1. The lowest BCUT2D eigenvalue weighted by Crippen LogP contribution is -1.84. The molecule has 3 nitrogen and oxygen atoms in total. The van der Waals surface area contributed by atoms with E-state index >= 15 is 0 Å². The van der Waals surface area contributed by atoms with Gasteiger partial charge in [-0.1, -0.05) is 76.8 Å². The Hall–Kier alpha value is -1.50. The van der Waals surface area contributed by atoms with Crippen LogP contribution in [0, 0.1) is 6.92 Å². The molecule has 0 aliphatic carbocycles. The molecule has 0 bridgehead atoms. The van der Waals surface area contributed by atoms with Gasteiger partial charge in [-0.3, -0.25) is 0 Å². The predicted molar refractivity (Wildman–Crippen MR) is 103 cm³/mol. The summed E-state index contributed by atoms with van der Waals surface area (Å²) in [5.74, 6) is 2.70. The van der Waals surface area contributed by atoms with Crippen LogP contribution in [0.25, 0.3) is 0 Å². The van der Waals surface area contributed by atoms with E-state index in [0.29, 0.717) is 0 Å². The average Bonchev–Trinajstić information content (AvgIpc) is 3.08. The van der Waals surface area contributed by atoms with Gasteiger partial charge < -0.3 is 4.74 Å². The van der Waals surface area contributed by atoms with Crippen LogP contribution in [0.1, 0.15) is 16.7 Å². The molecule has 0 radical (unpaired) electrons.